The van der Waals surface area contributed by atoms with Gasteiger partial charge in [0.1, 0.15) is 5.75 Å². The van der Waals surface area contributed by atoms with Crippen LogP contribution in [-0.4, -0.2) is 40.6 Å². The molecule has 2 N–H and O–H groups in total. The molecule has 0 aromatic heterocycles. The molecule has 0 aliphatic heterocycles. The number of rotatable bonds is 8. The number of ketones is 1. The van der Waals surface area contributed by atoms with Crippen molar-refractivity contribution in [1.82, 2.24) is 0 Å². The van der Waals surface area contributed by atoms with Gasteiger partial charge in [-0.05, 0) is 81.9 Å². The van der Waals surface area contributed by atoms with Crippen molar-refractivity contribution in [2.75, 3.05) is 0 Å². The normalized spacial score (nSPS) is 11.1. The van der Waals surface area contributed by atoms with E-state index in [1.807, 2.05) is 39.8 Å². The highest BCUT2D eigenvalue weighted by Gasteiger charge is 2.33. The molecular weight excluding hydrogens is 419 g/mol. The summed E-state index contributed by atoms with van der Waals surface area (Å²) in [6.07, 6.45) is 2.94. The van der Waals surface area contributed by atoms with E-state index in [4.69, 9.17) is 19.5 Å². The Hall–Kier alpha value is -2.90. The van der Waals surface area contributed by atoms with Crippen molar-refractivity contribution in [3.8, 4) is 5.75 Å². The maximum Gasteiger partial charge on any atom is 0.488 e. The number of carbonyl (C=O) groups is 2. The van der Waals surface area contributed by atoms with Crippen LogP contribution in [0.1, 0.15) is 68.6 Å². The Morgan fingerprint density at radius 1 is 1.00 bits per heavy atom. The summed E-state index contributed by atoms with van der Waals surface area (Å²) in [5.74, 6) is -0.0323. The number of ether oxygens (including phenoxy) is 2. The average molecular weight is 454 g/mol. The van der Waals surface area contributed by atoms with Gasteiger partial charge in [0.2, 0.25) is 0 Å². The first-order valence-electron chi connectivity index (χ1n) is 11.1. The summed E-state index contributed by atoms with van der Waals surface area (Å²) < 4.78 is 11.3. The lowest BCUT2D eigenvalue weighted by molar-refractivity contribution is -0.163. The molecule has 0 atom stereocenters. The number of allylic oxidation sites excluding steroid dienone is 1. The second-order valence-electron chi connectivity index (χ2n) is 8.24. The summed E-state index contributed by atoms with van der Waals surface area (Å²) in [6.45, 7) is 14.7. The number of benzene rings is 2. The molecule has 0 radical (unpaired) electrons. The van der Waals surface area contributed by atoms with E-state index in [-0.39, 0.29) is 11.9 Å². The van der Waals surface area contributed by atoms with Crippen LogP contribution in [0.5, 0.6) is 5.75 Å². The standard InChI is InChI=1S/C24H29BO6.C2H6/c1-15(2)30-23(27)24(5,6)31-22-16(3)13-18(14-17(22)4)7-12-21(26)19-8-10-20(11-9-19)25(28)29;1-2/h7-15,28-29H,1-6H3;1-2H3/b12-7+;. The fraction of sp³-hybridized carbons (Fsp3) is 0.385. The highest BCUT2D eigenvalue weighted by molar-refractivity contribution is 6.58. The van der Waals surface area contributed by atoms with Crippen molar-refractivity contribution in [2.24, 2.45) is 0 Å². The van der Waals surface area contributed by atoms with Gasteiger partial charge in [-0.1, -0.05) is 44.2 Å². The Morgan fingerprint density at radius 2 is 1.52 bits per heavy atom. The molecule has 0 aliphatic carbocycles. The third-order valence-electron chi connectivity index (χ3n) is 4.59. The minimum Gasteiger partial charge on any atom is -0.476 e. The average Bonchev–Trinajstić information content (AvgIpc) is 2.75. The zero-order valence-corrected chi connectivity index (χ0v) is 20.8. The molecule has 2 aromatic rings. The van der Waals surface area contributed by atoms with Crippen LogP contribution in [0.4, 0.5) is 0 Å². The summed E-state index contributed by atoms with van der Waals surface area (Å²) in [5, 5.41) is 18.3. The third-order valence-corrected chi connectivity index (χ3v) is 4.59. The van der Waals surface area contributed by atoms with Crippen molar-refractivity contribution >= 4 is 30.4 Å². The lowest BCUT2D eigenvalue weighted by Crippen LogP contribution is -2.41. The fourth-order valence-electron chi connectivity index (χ4n) is 2.98. The van der Waals surface area contributed by atoms with E-state index in [0.29, 0.717) is 16.8 Å². The Bertz CT molecular complexity index is 952. The Labute approximate surface area is 197 Å². The SMILES string of the molecule is CC.Cc1cc(/C=C/C(=O)c2ccc(B(O)O)cc2)cc(C)c1OC(C)(C)C(=O)OC(C)C. The van der Waals surface area contributed by atoms with E-state index in [1.54, 1.807) is 45.9 Å². The predicted octanol–water partition coefficient (Wildman–Crippen LogP) is 4.01. The van der Waals surface area contributed by atoms with Crippen molar-refractivity contribution in [3.63, 3.8) is 0 Å². The van der Waals surface area contributed by atoms with Gasteiger partial charge in [0, 0.05) is 5.56 Å². The van der Waals surface area contributed by atoms with Gasteiger partial charge in [0.25, 0.3) is 0 Å². The van der Waals surface area contributed by atoms with E-state index < -0.39 is 18.7 Å². The van der Waals surface area contributed by atoms with E-state index in [9.17, 15) is 9.59 Å². The van der Waals surface area contributed by atoms with Crippen molar-refractivity contribution in [3.05, 3.63) is 64.7 Å². The molecule has 0 aliphatic rings. The van der Waals surface area contributed by atoms with Gasteiger partial charge >= 0.3 is 13.1 Å². The van der Waals surface area contributed by atoms with Gasteiger partial charge in [-0.2, -0.15) is 0 Å². The van der Waals surface area contributed by atoms with Crippen molar-refractivity contribution in [2.45, 2.75) is 67.1 Å². The minimum atomic E-state index is -1.57. The van der Waals surface area contributed by atoms with Crippen LogP contribution in [-0.2, 0) is 9.53 Å². The number of hydrogen-bond donors (Lipinski definition) is 2. The molecule has 0 bridgehead atoms. The first-order chi connectivity index (χ1) is 15.4. The van der Waals surface area contributed by atoms with Crippen LogP contribution in [0.2, 0.25) is 0 Å². The second kappa shape index (κ2) is 12.4. The Balaban J connectivity index is 0.00000265. The van der Waals surface area contributed by atoms with Crippen LogP contribution >= 0.6 is 0 Å². The summed E-state index contributed by atoms with van der Waals surface area (Å²) in [5.41, 5.74) is 2.11. The van der Waals surface area contributed by atoms with Crippen LogP contribution in [0, 0.1) is 13.8 Å². The van der Waals surface area contributed by atoms with Crippen LogP contribution in [0.3, 0.4) is 0 Å². The van der Waals surface area contributed by atoms with Gasteiger partial charge in [-0.3, -0.25) is 4.79 Å². The molecule has 0 amide bonds. The van der Waals surface area contributed by atoms with E-state index in [2.05, 4.69) is 0 Å². The lowest BCUT2D eigenvalue weighted by atomic mass is 9.80. The largest absolute Gasteiger partial charge is 0.488 e. The summed E-state index contributed by atoms with van der Waals surface area (Å²) in [4.78, 5) is 24.7. The van der Waals surface area contributed by atoms with Gasteiger partial charge in [0.05, 0.1) is 6.10 Å². The lowest BCUT2D eigenvalue weighted by Gasteiger charge is -2.27. The highest BCUT2D eigenvalue weighted by atomic mass is 16.6. The van der Waals surface area contributed by atoms with Gasteiger partial charge in [-0.25, -0.2) is 4.79 Å². The smallest absolute Gasteiger partial charge is 0.476 e. The minimum absolute atomic E-state index is 0.202. The number of aryl methyl sites for hydroxylation is 2. The first-order valence-corrected chi connectivity index (χ1v) is 11.1. The van der Waals surface area contributed by atoms with Gasteiger partial charge < -0.3 is 19.5 Å². The molecule has 7 heteroatoms. The summed E-state index contributed by atoms with van der Waals surface area (Å²) in [6, 6.07) is 9.85. The Kier molecular flexibility index (Phi) is 10.6. The quantitative estimate of drug-likeness (QED) is 0.271. The molecular formula is C26H35BO6. The van der Waals surface area contributed by atoms with E-state index >= 15 is 0 Å². The summed E-state index contributed by atoms with van der Waals surface area (Å²) in [7, 11) is -1.57. The molecule has 0 saturated carbocycles. The number of esters is 1. The molecule has 33 heavy (non-hydrogen) atoms. The molecule has 0 spiro atoms. The zero-order valence-electron chi connectivity index (χ0n) is 20.8. The highest BCUT2D eigenvalue weighted by Crippen LogP contribution is 2.29. The van der Waals surface area contributed by atoms with Crippen LogP contribution in [0.15, 0.2) is 42.5 Å². The molecule has 178 valence electrons. The molecule has 6 nitrogen and oxygen atoms in total. The van der Waals surface area contributed by atoms with Crippen LogP contribution < -0.4 is 10.2 Å². The fourth-order valence-corrected chi connectivity index (χ4v) is 2.98. The van der Waals surface area contributed by atoms with Gasteiger partial charge in [0.15, 0.2) is 11.4 Å². The molecule has 2 aromatic carbocycles. The Morgan fingerprint density at radius 3 is 1.97 bits per heavy atom. The van der Waals surface area contributed by atoms with Crippen molar-refractivity contribution in [1.29, 1.82) is 0 Å². The molecule has 0 fully saturated rings. The topological polar surface area (TPSA) is 93.1 Å². The van der Waals surface area contributed by atoms with Gasteiger partial charge in [-0.15, -0.1) is 0 Å². The second-order valence-corrected chi connectivity index (χ2v) is 8.24. The molecule has 0 unspecified atom stereocenters. The van der Waals surface area contributed by atoms with E-state index in [0.717, 1.165) is 16.7 Å². The maximum atomic E-state index is 12.4. The van der Waals surface area contributed by atoms with Crippen LogP contribution in [0.25, 0.3) is 6.08 Å². The third kappa shape index (κ3) is 8.19. The van der Waals surface area contributed by atoms with Crippen molar-refractivity contribution < 1.29 is 29.1 Å². The zero-order chi connectivity index (χ0) is 25.3. The predicted molar refractivity (Wildman–Crippen MR) is 133 cm³/mol. The maximum absolute atomic E-state index is 12.4. The monoisotopic (exact) mass is 454 g/mol. The molecule has 0 saturated heterocycles. The molecule has 0 heterocycles. The summed E-state index contributed by atoms with van der Waals surface area (Å²) >= 11 is 0. The number of carbonyl (C=O) groups excluding carboxylic acids is 2. The van der Waals surface area contributed by atoms with E-state index in [1.165, 1.54) is 18.2 Å². The first kappa shape index (κ1) is 28.1. The molecule has 2 rings (SSSR count). The number of hydrogen-bond acceptors (Lipinski definition) is 6.